The Morgan fingerprint density at radius 3 is 2.67 bits per heavy atom. The summed E-state index contributed by atoms with van der Waals surface area (Å²) in [7, 11) is 0. The summed E-state index contributed by atoms with van der Waals surface area (Å²) in [5.41, 5.74) is 4.51. The van der Waals surface area contributed by atoms with Gasteiger partial charge in [0, 0.05) is 36.3 Å². The number of carbonyl (C=O) groups is 1. The zero-order chi connectivity index (χ0) is 13.3. The molecule has 2 N–H and O–H groups in total. The maximum atomic E-state index is 9.00. The fourth-order valence-corrected chi connectivity index (χ4v) is 2.36. The van der Waals surface area contributed by atoms with Crippen LogP contribution < -0.4 is 0 Å². The monoisotopic (exact) mass is 244 g/mol. The lowest BCUT2D eigenvalue weighted by Gasteiger charge is -1.97. The molecule has 2 heterocycles. The van der Waals surface area contributed by atoms with Gasteiger partial charge in [-0.2, -0.15) is 0 Å². The maximum Gasteiger partial charge on any atom is 0.300 e. The summed E-state index contributed by atoms with van der Waals surface area (Å²) in [5.74, 6) is -0.833. The predicted octanol–water partition coefficient (Wildman–Crippen LogP) is 2.68. The zero-order valence-electron chi connectivity index (χ0n) is 10.5. The van der Waals surface area contributed by atoms with E-state index in [4.69, 9.17) is 15.3 Å². The average Bonchev–Trinajstić information content (AvgIpc) is 2.84. The van der Waals surface area contributed by atoms with E-state index >= 15 is 0 Å². The van der Waals surface area contributed by atoms with Crippen molar-refractivity contribution in [1.29, 1.82) is 5.41 Å². The number of carboxylic acids is 1. The van der Waals surface area contributed by atoms with Crippen LogP contribution in [0.15, 0.2) is 24.4 Å². The lowest BCUT2D eigenvalue weighted by molar-refractivity contribution is -0.134. The number of nitrogens with zero attached hydrogens (tertiary/aromatic N) is 1. The van der Waals surface area contributed by atoms with Crippen molar-refractivity contribution in [2.45, 2.75) is 26.8 Å². The van der Waals surface area contributed by atoms with Crippen LogP contribution in [-0.2, 0) is 17.8 Å². The Bertz CT molecular complexity index is 622. The largest absolute Gasteiger partial charge is 0.481 e. The number of aryl methyl sites for hydroxylation is 2. The highest BCUT2D eigenvalue weighted by molar-refractivity contribution is 6.09. The predicted molar refractivity (Wildman–Crippen MR) is 71.5 cm³/mol. The second-order valence-corrected chi connectivity index (χ2v) is 4.44. The van der Waals surface area contributed by atoms with Crippen LogP contribution in [0.5, 0.6) is 0 Å². The third-order valence-corrected chi connectivity index (χ3v) is 3.01. The summed E-state index contributed by atoms with van der Waals surface area (Å²) in [4.78, 5) is 9.00. The molecular weight excluding hydrogens is 228 g/mol. The Balaban J connectivity index is 0.000000267. The molecule has 0 atom stereocenters. The van der Waals surface area contributed by atoms with Crippen LogP contribution >= 0.6 is 0 Å². The number of benzene rings is 1. The molecule has 4 heteroatoms. The first-order valence-corrected chi connectivity index (χ1v) is 5.86. The molecule has 0 aliphatic carbocycles. The lowest BCUT2D eigenvalue weighted by Crippen LogP contribution is -1.93. The fraction of sp³-hybridized carbons (Fsp3) is 0.286. The molecule has 0 amide bonds. The van der Waals surface area contributed by atoms with Gasteiger partial charge in [0.1, 0.15) is 0 Å². The van der Waals surface area contributed by atoms with Crippen molar-refractivity contribution in [3.05, 3.63) is 35.5 Å². The Morgan fingerprint density at radius 1 is 1.39 bits per heavy atom. The smallest absolute Gasteiger partial charge is 0.300 e. The van der Waals surface area contributed by atoms with E-state index < -0.39 is 5.97 Å². The van der Waals surface area contributed by atoms with Crippen molar-refractivity contribution in [3.63, 3.8) is 0 Å². The molecule has 0 radical (unpaired) electrons. The molecule has 0 spiro atoms. The summed E-state index contributed by atoms with van der Waals surface area (Å²) >= 11 is 0. The molecule has 3 rings (SSSR count). The molecule has 1 aromatic carbocycles. The van der Waals surface area contributed by atoms with Gasteiger partial charge in [-0.05, 0) is 18.9 Å². The number of nitrogens with one attached hydrogen (secondary N) is 1. The summed E-state index contributed by atoms with van der Waals surface area (Å²) < 4.78 is 2.28. The second kappa shape index (κ2) is 4.64. The molecule has 1 aromatic heterocycles. The quantitative estimate of drug-likeness (QED) is 0.757. The lowest BCUT2D eigenvalue weighted by atomic mass is 10.1. The van der Waals surface area contributed by atoms with Crippen LogP contribution in [0.25, 0.3) is 10.9 Å². The van der Waals surface area contributed by atoms with E-state index in [1.54, 1.807) is 0 Å². The number of carboxylic acid groups (broad SMARTS) is 1. The summed E-state index contributed by atoms with van der Waals surface area (Å²) in [6, 6.07) is 6.41. The first kappa shape index (κ1) is 12.4. The van der Waals surface area contributed by atoms with E-state index in [0.717, 1.165) is 25.5 Å². The molecule has 18 heavy (non-hydrogen) atoms. The number of hydrogen-bond donors (Lipinski definition) is 2. The minimum Gasteiger partial charge on any atom is -0.481 e. The van der Waals surface area contributed by atoms with E-state index in [-0.39, 0.29) is 0 Å². The molecule has 0 saturated heterocycles. The van der Waals surface area contributed by atoms with Crippen LogP contribution in [0.1, 0.15) is 25.0 Å². The van der Waals surface area contributed by atoms with Crippen molar-refractivity contribution in [3.8, 4) is 0 Å². The van der Waals surface area contributed by atoms with Gasteiger partial charge in [-0.3, -0.25) is 4.79 Å². The van der Waals surface area contributed by atoms with Crippen LogP contribution in [0.4, 0.5) is 0 Å². The van der Waals surface area contributed by atoms with E-state index in [0.29, 0.717) is 5.71 Å². The topological polar surface area (TPSA) is 66.1 Å². The molecule has 0 unspecified atom stereocenters. The molecule has 0 saturated carbocycles. The van der Waals surface area contributed by atoms with Crippen molar-refractivity contribution in [2.24, 2.45) is 0 Å². The van der Waals surface area contributed by atoms with Crippen LogP contribution in [0.2, 0.25) is 0 Å². The number of rotatable bonds is 1. The third kappa shape index (κ3) is 2.14. The number of aromatic nitrogens is 1. The van der Waals surface area contributed by atoms with E-state index in [9.17, 15) is 0 Å². The van der Waals surface area contributed by atoms with Crippen molar-refractivity contribution < 1.29 is 9.90 Å². The van der Waals surface area contributed by atoms with Crippen LogP contribution in [0.3, 0.4) is 0 Å². The summed E-state index contributed by atoms with van der Waals surface area (Å²) in [6.07, 6.45) is 3.26. The molecule has 2 aromatic rings. The van der Waals surface area contributed by atoms with Crippen LogP contribution in [0, 0.1) is 5.41 Å². The van der Waals surface area contributed by atoms with Gasteiger partial charge in [-0.15, -0.1) is 0 Å². The molecule has 0 fully saturated rings. The summed E-state index contributed by atoms with van der Waals surface area (Å²) in [5, 5.41) is 16.4. The molecule has 0 bridgehead atoms. The van der Waals surface area contributed by atoms with Gasteiger partial charge in [0.05, 0.1) is 5.52 Å². The standard InChI is InChI=1S/C12H12N2.C2H4O2/c1-8(13)11-7-14-6-5-9-3-2-4-10(11)12(9)14;1-2(3)4/h2-4,7,13H,5-6H2,1H3;1H3,(H,3,4). The zero-order valence-corrected chi connectivity index (χ0v) is 10.5. The first-order valence-electron chi connectivity index (χ1n) is 5.86. The van der Waals surface area contributed by atoms with Gasteiger partial charge in [0.2, 0.25) is 0 Å². The van der Waals surface area contributed by atoms with E-state index in [2.05, 4.69) is 29.0 Å². The second-order valence-electron chi connectivity index (χ2n) is 4.44. The highest BCUT2D eigenvalue weighted by atomic mass is 16.4. The van der Waals surface area contributed by atoms with Gasteiger partial charge in [0.15, 0.2) is 0 Å². The molecule has 1 aliphatic rings. The normalized spacial score (nSPS) is 12.1. The van der Waals surface area contributed by atoms with Crippen molar-refractivity contribution >= 4 is 22.6 Å². The molecule has 4 nitrogen and oxygen atoms in total. The Morgan fingerprint density at radius 2 is 2.06 bits per heavy atom. The van der Waals surface area contributed by atoms with Crippen molar-refractivity contribution in [1.82, 2.24) is 4.57 Å². The Hall–Kier alpha value is -2.10. The number of para-hydroxylation sites is 1. The Kier molecular flexibility index (Phi) is 3.19. The fourth-order valence-electron chi connectivity index (χ4n) is 2.36. The highest BCUT2D eigenvalue weighted by Crippen LogP contribution is 2.29. The Labute approximate surface area is 105 Å². The first-order chi connectivity index (χ1) is 8.50. The molecular formula is C14H16N2O2. The van der Waals surface area contributed by atoms with Gasteiger partial charge in [0.25, 0.3) is 5.97 Å². The molecule has 94 valence electrons. The van der Waals surface area contributed by atoms with E-state index in [1.165, 1.54) is 16.5 Å². The number of hydrogen-bond acceptors (Lipinski definition) is 2. The minimum atomic E-state index is -0.833. The number of aliphatic carboxylic acids is 1. The van der Waals surface area contributed by atoms with Gasteiger partial charge in [-0.25, -0.2) is 0 Å². The molecule has 1 aliphatic heterocycles. The van der Waals surface area contributed by atoms with Gasteiger partial charge < -0.3 is 15.1 Å². The van der Waals surface area contributed by atoms with E-state index in [1.807, 2.05) is 6.92 Å². The van der Waals surface area contributed by atoms with Crippen molar-refractivity contribution in [2.75, 3.05) is 0 Å². The maximum absolute atomic E-state index is 9.00. The summed E-state index contributed by atoms with van der Waals surface area (Å²) in [6.45, 7) is 4.01. The third-order valence-electron chi connectivity index (χ3n) is 3.01. The van der Waals surface area contributed by atoms with Gasteiger partial charge >= 0.3 is 0 Å². The van der Waals surface area contributed by atoms with Crippen LogP contribution in [-0.4, -0.2) is 21.4 Å². The minimum absolute atomic E-state index is 0.660. The SMILES string of the molecule is CC(=N)c1cn2c3c(cccc13)CC2.CC(=O)O. The average molecular weight is 244 g/mol. The van der Waals surface area contributed by atoms with Gasteiger partial charge in [-0.1, -0.05) is 18.2 Å². The highest BCUT2D eigenvalue weighted by Gasteiger charge is 2.17.